The lowest BCUT2D eigenvalue weighted by molar-refractivity contribution is 0.420. The third-order valence-corrected chi connectivity index (χ3v) is 4.42. The Kier molecular flexibility index (Phi) is 4.29. The van der Waals surface area contributed by atoms with E-state index in [9.17, 15) is 8.42 Å². The van der Waals surface area contributed by atoms with Gasteiger partial charge in [0.2, 0.25) is 5.96 Å². The lowest BCUT2D eigenvalue weighted by Crippen LogP contribution is -2.41. The second-order valence-electron chi connectivity index (χ2n) is 4.95. The van der Waals surface area contributed by atoms with Crippen molar-refractivity contribution in [1.82, 2.24) is 9.62 Å². The Morgan fingerprint density at radius 2 is 2.05 bits per heavy atom. The minimum Gasteiger partial charge on any atom is -0.324 e. The molecule has 1 aliphatic heterocycles. The Bertz CT molecular complexity index is 623. The third kappa shape index (κ3) is 3.29. The highest BCUT2D eigenvalue weighted by atomic mass is 32.2. The molecule has 20 heavy (non-hydrogen) atoms. The molecule has 0 fully saturated rings. The van der Waals surface area contributed by atoms with Crippen molar-refractivity contribution < 1.29 is 8.42 Å². The van der Waals surface area contributed by atoms with E-state index in [0.717, 1.165) is 18.5 Å². The van der Waals surface area contributed by atoms with E-state index in [-0.39, 0.29) is 10.9 Å². The highest BCUT2D eigenvalue weighted by molar-refractivity contribution is 7.90. The van der Waals surface area contributed by atoms with Crippen LogP contribution in [0.3, 0.4) is 0 Å². The first-order valence-corrected chi connectivity index (χ1v) is 8.02. The zero-order valence-electron chi connectivity index (χ0n) is 12.0. The minimum absolute atomic E-state index is 0.281. The summed E-state index contributed by atoms with van der Waals surface area (Å²) in [6.45, 7) is 3.28. The van der Waals surface area contributed by atoms with Gasteiger partial charge in [0, 0.05) is 6.54 Å². The highest BCUT2D eigenvalue weighted by Crippen LogP contribution is 2.25. The van der Waals surface area contributed by atoms with Crippen LogP contribution in [0.4, 0.5) is 5.69 Å². The molecule has 0 aliphatic carbocycles. The fraction of sp³-hybridized carbons (Fsp3) is 0.462. The largest absolute Gasteiger partial charge is 0.324 e. The van der Waals surface area contributed by atoms with Crippen molar-refractivity contribution in [2.75, 3.05) is 32.5 Å². The van der Waals surface area contributed by atoms with Crippen LogP contribution in [0, 0.1) is 0 Å². The number of hydrogen-bond acceptors (Lipinski definition) is 4. The molecule has 1 aromatic carbocycles. The highest BCUT2D eigenvalue weighted by Gasteiger charge is 2.26. The van der Waals surface area contributed by atoms with Gasteiger partial charge in [-0.1, -0.05) is 13.0 Å². The van der Waals surface area contributed by atoms with Gasteiger partial charge in [0.25, 0.3) is 10.0 Å². The second-order valence-corrected chi connectivity index (χ2v) is 6.60. The SMILES string of the molecule is CCc1ccc2c(c1)S(=O)(=O)NC(=NCCN(C)C)N2. The standard InChI is InChI=1S/C13H20N4O2S/c1-4-10-5-6-11-12(9-10)20(18,19)16-13(15-11)14-7-8-17(2)3/h5-6,9H,4,7-8H2,1-3H3,(H2,14,15,16). The van der Waals surface area contributed by atoms with Gasteiger partial charge < -0.3 is 10.2 Å². The van der Waals surface area contributed by atoms with Crippen LogP contribution in [0.1, 0.15) is 12.5 Å². The zero-order valence-corrected chi connectivity index (χ0v) is 12.8. The van der Waals surface area contributed by atoms with Crippen molar-refractivity contribution in [2.24, 2.45) is 4.99 Å². The molecule has 2 rings (SSSR count). The lowest BCUT2D eigenvalue weighted by Gasteiger charge is -2.22. The van der Waals surface area contributed by atoms with Crippen LogP contribution in [0.2, 0.25) is 0 Å². The summed E-state index contributed by atoms with van der Waals surface area (Å²) in [7, 11) is 0.358. The molecular weight excluding hydrogens is 276 g/mol. The second kappa shape index (κ2) is 5.80. The summed E-state index contributed by atoms with van der Waals surface area (Å²) in [5, 5.41) is 3.02. The molecule has 6 nitrogen and oxygen atoms in total. The summed E-state index contributed by atoms with van der Waals surface area (Å²) in [5.41, 5.74) is 1.56. The number of nitrogens with one attached hydrogen (secondary N) is 2. The Labute approximate surface area is 119 Å². The van der Waals surface area contributed by atoms with Crippen molar-refractivity contribution in [3.8, 4) is 0 Å². The molecule has 0 radical (unpaired) electrons. The number of aryl methyl sites for hydroxylation is 1. The Morgan fingerprint density at radius 1 is 1.30 bits per heavy atom. The van der Waals surface area contributed by atoms with Crippen molar-refractivity contribution in [3.05, 3.63) is 23.8 Å². The quantitative estimate of drug-likeness (QED) is 0.864. The molecule has 2 N–H and O–H groups in total. The molecule has 7 heteroatoms. The van der Waals surface area contributed by atoms with Gasteiger partial charge in [-0.05, 0) is 38.2 Å². The van der Waals surface area contributed by atoms with E-state index in [1.165, 1.54) is 0 Å². The molecule has 0 bridgehead atoms. The number of sulfonamides is 1. The summed E-state index contributed by atoms with van der Waals surface area (Å²) in [6, 6.07) is 5.40. The maximum absolute atomic E-state index is 12.2. The lowest BCUT2D eigenvalue weighted by atomic mass is 10.1. The van der Waals surface area contributed by atoms with E-state index in [2.05, 4.69) is 15.0 Å². The van der Waals surface area contributed by atoms with Crippen LogP contribution >= 0.6 is 0 Å². The summed E-state index contributed by atoms with van der Waals surface area (Å²) in [5.74, 6) is 0.281. The van der Waals surface area contributed by atoms with Gasteiger partial charge in [-0.2, -0.15) is 0 Å². The van der Waals surface area contributed by atoms with E-state index < -0.39 is 10.0 Å². The van der Waals surface area contributed by atoms with Crippen LogP contribution in [0.5, 0.6) is 0 Å². The van der Waals surface area contributed by atoms with E-state index in [4.69, 9.17) is 0 Å². The van der Waals surface area contributed by atoms with Crippen LogP contribution in [-0.2, 0) is 16.4 Å². The van der Waals surface area contributed by atoms with Crippen LogP contribution < -0.4 is 10.0 Å². The number of fused-ring (bicyclic) bond motifs is 1. The zero-order chi connectivity index (χ0) is 14.8. The van der Waals surface area contributed by atoms with Crippen LogP contribution in [0.15, 0.2) is 28.1 Å². The number of benzene rings is 1. The Balaban J connectivity index is 2.27. The molecule has 0 saturated carbocycles. The van der Waals surface area contributed by atoms with Gasteiger partial charge in [0.1, 0.15) is 4.90 Å². The smallest absolute Gasteiger partial charge is 0.266 e. The van der Waals surface area contributed by atoms with Gasteiger partial charge in [0.15, 0.2) is 0 Å². The number of likely N-dealkylation sites (N-methyl/N-ethyl adjacent to an activating group) is 1. The fourth-order valence-electron chi connectivity index (χ4n) is 1.88. The molecule has 0 atom stereocenters. The van der Waals surface area contributed by atoms with Crippen molar-refractivity contribution in [1.29, 1.82) is 0 Å². The normalized spacial score (nSPS) is 18.5. The third-order valence-electron chi connectivity index (χ3n) is 3.05. The van der Waals surface area contributed by atoms with Crippen molar-refractivity contribution in [2.45, 2.75) is 18.2 Å². The summed E-state index contributed by atoms with van der Waals surface area (Å²) in [4.78, 5) is 6.50. The molecule has 0 amide bonds. The molecule has 0 aromatic heterocycles. The van der Waals surface area contributed by atoms with Gasteiger partial charge in [-0.25, -0.2) is 13.1 Å². The van der Waals surface area contributed by atoms with E-state index >= 15 is 0 Å². The number of aliphatic imine (C=N–C) groups is 1. The average Bonchev–Trinajstić information content (AvgIpc) is 2.37. The molecule has 0 spiro atoms. The minimum atomic E-state index is -3.53. The van der Waals surface area contributed by atoms with Crippen molar-refractivity contribution in [3.63, 3.8) is 0 Å². The predicted octanol–water partition coefficient (Wildman–Crippen LogP) is 0.870. The van der Waals surface area contributed by atoms with E-state index in [0.29, 0.717) is 12.2 Å². The number of nitrogens with zero attached hydrogens (tertiary/aromatic N) is 2. The molecule has 1 heterocycles. The van der Waals surface area contributed by atoms with Crippen LogP contribution in [0.25, 0.3) is 0 Å². The number of hydrogen-bond donors (Lipinski definition) is 2. The fourth-order valence-corrected chi connectivity index (χ4v) is 3.08. The van der Waals surface area contributed by atoms with Gasteiger partial charge in [-0.15, -0.1) is 0 Å². The number of anilines is 1. The molecule has 1 aromatic rings. The van der Waals surface area contributed by atoms with Gasteiger partial charge >= 0.3 is 0 Å². The van der Waals surface area contributed by atoms with E-state index in [1.54, 1.807) is 12.1 Å². The topological polar surface area (TPSA) is 73.8 Å². The molecule has 0 unspecified atom stereocenters. The summed E-state index contributed by atoms with van der Waals surface area (Å²) in [6.07, 6.45) is 0.798. The first kappa shape index (κ1) is 14.8. The number of rotatable bonds is 4. The van der Waals surface area contributed by atoms with Crippen LogP contribution in [-0.4, -0.2) is 46.5 Å². The first-order chi connectivity index (χ1) is 9.42. The Morgan fingerprint density at radius 3 is 2.70 bits per heavy atom. The van der Waals surface area contributed by atoms with Gasteiger partial charge in [0.05, 0.1) is 12.2 Å². The average molecular weight is 296 g/mol. The molecular formula is C13H20N4O2S. The van der Waals surface area contributed by atoms with Crippen molar-refractivity contribution >= 4 is 21.7 Å². The summed E-state index contributed by atoms with van der Waals surface area (Å²) < 4.78 is 26.9. The van der Waals surface area contributed by atoms with E-state index in [1.807, 2.05) is 32.0 Å². The first-order valence-electron chi connectivity index (χ1n) is 6.54. The Hall–Kier alpha value is -1.60. The predicted molar refractivity (Wildman–Crippen MR) is 80.6 cm³/mol. The molecule has 0 saturated heterocycles. The monoisotopic (exact) mass is 296 g/mol. The molecule has 1 aliphatic rings. The number of guanidine groups is 1. The maximum Gasteiger partial charge on any atom is 0.266 e. The summed E-state index contributed by atoms with van der Waals surface area (Å²) >= 11 is 0. The van der Waals surface area contributed by atoms with Gasteiger partial charge in [-0.3, -0.25) is 4.99 Å². The maximum atomic E-state index is 12.2. The molecule has 110 valence electrons.